The molecule has 0 radical (unpaired) electrons. The van der Waals surface area contributed by atoms with Crippen molar-refractivity contribution >= 4 is 10.8 Å². The van der Waals surface area contributed by atoms with Gasteiger partial charge < -0.3 is 5.11 Å². The molecule has 3 heteroatoms. The van der Waals surface area contributed by atoms with Gasteiger partial charge in [0.25, 0.3) is 0 Å². The quantitative estimate of drug-likeness (QED) is 0.765. The van der Waals surface area contributed by atoms with Crippen LogP contribution in [0.1, 0.15) is 39.5 Å². The summed E-state index contributed by atoms with van der Waals surface area (Å²) in [6.07, 6.45) is 6.07. The zero-order valence-electron chi connectivity index (χ0n) is 9.03. The van der Waals surface area contributed by atoms with Crippen molar-refractivity contribution in [1.29, 1.82) is 0 Å². The minimum absolute atomic E-state index is 0.0214. The van der Waals surface area contributed by atoms with Crippen molar-refractivity contribution in [3.63, 3.8) is 0 Å². The van der Waals surface area contributed by atoms with E-state index in [9.17, 15) is 4.21 Å². The molecule has 0 aromatic heterocycles. The molecule has 2 atom stereocenters. The standard InChI is InChI=1S/C11H20O2S/c1-11(2,9-12)7-3-5-10-6-4-8-14(10)13/h4,8,10,12H,3,5-7,9H2,1-2H3. The van der Waals surface area contributed by atoms with Crippen molar-refractivity contribution in [3.8, 4) is 0 Å². The van der Waals surface area contributed by atoms with Crippen molar-refractivity contribution in [2.24, 2.45) is 5.41 Å². The lowest BCUT2D eigenvalue weighted by molar-refractivity contribution is 0.147. The van der Waals surface area contributed by atoms with E-state index in [1.54, 1.807) is 0 Å². The minimum atomic E-state index is -0.734. The third kappa shape index (κ3) is 3.54. The molecule has 1 rings (SSSR count). The fourth-order valence-electron chi connectivity index (χ4n) is 1.63. The van der Waals surface area contributed by atoms with Gasteiger partial charge in [0.15, 0.2) is 0 Å². The SMILES string of the molecule is CC(C)(CO)CCCC1CC=CS1=O. The average molecular weight is 216 g/mol. The van der Waals surface area contributed by atoms with Gasteiger partial charge in [0.05, 0.1) is 0 Å². The van der Waals surface area contributed by atoms with Crippen molar-refractivity contribution in [1.82, 2.24) is 0 Å². The highest BCUT2D eigenvalue weighted by molar-refractivity contribution is 7.88. The van der Waals surface area contributed by atoms with Crippen molar-refractivity contribution in [2.75, 3.05) is 6.61 Å². The maximum absolute atomic E-state index is 11.4. The summed E-state index contributed by atoms with van der Waals surface area (Å²) in [4.78, 5) is 0. The first-order valence-corrected chi connectivity index (χ1v) is 6.50. The molecule has 82 valence electrons. The molecule has 0 aromatic rings. The van der Waals surface area contributed by atoms with Crippen LogP contribution in [0, 0.1) is 5.41 Å². The van der Waals surface area contributed by atoms with Gasteiger partial charge in [-0.05, 0) is 30.1 Å². The van der Waals surface area contributed by atoms with Gasteiger partial charge in [-0.3, -0.25) is 4.21 Å². The molecule has 0 aliphatic carbocycles. The summed E-state index contributed by atoms with van der Waals surface area (Å²) in [5.41, 5.74) is 0.0214. The summed E-state index contributed by atoms with van der Waals surface area (Å²) in [6.45, 7) is 4.37. The molecule has 0 spiro atoms. The zero-order valence-corrected chi connectivity index (χ0v) is 9.85. The summed E-state index contributed by atoms with van der Waals surface area (Å²) in [5, 5.41) is 11.2. The highest BCUT2D eigenvalue weighted by atomic mass is 32.2. The number of aliphatic hydroxyl groups excluding tert-OH is 1. The smallest absolute Gasteiger partial charge is 0.0487 e. The molecule has 0 saturated heterocycles. The highest BCUT2D eigenvalue weighted by Gasteiger charge is 2.20. The van der Waals surface area contributed by atoms with Gasteiger partial charge in [0.1, 0.15) is 0 Å². The Hall–Kier alpha value is -0.150. The molecule has 1 aliphatic rings. The summed E-state index contributed by atoms with van der Waals surface area (Å²) in [5.74, 6) is 0. The Labute approximate surface area is 88.9 Å². The van der Waals surface area contributed by atoms with Crippen LogP contribution in [-0.4, -0.2) is 21.2 Å². The highest BCUT2D eigenvalue weighted by Crippen LogP contribution is 2.25. The van der Waals surface area contributed by atoms with Crippen LogP contribution in [0.5, 0.6) is 0 Å². The van der Waals surface area contributed by atoms with Crippen molar-refractivity contribution in [2.45, 2.75) is 44.8 Å². The molecule has 0 aromatic carbocycles. The Morgan fingerprint density at radius 3 is 2.79 bits per heavy atom. The van der Waals surface area contributed by atoms with Gasteiger partial charge in [-0.2, -0.15) is 0 Å². The Morgan fingerprint density at radius 2 is 2.29 bits per heavy atom. The third-order valence-corrected chi connectivity index (χ3v) is 4.31. The number of rotatable bonds is 5. The van der Waals surface area contributed by atoms with Crippen molar-refractivity contribution < 1.29 is 9.32 Å². The molecule has 1 aliphatic heterocycles. The fraction of sp³-hybridized carbons (Fsp3) is 0.818. The summed E-state index contributed by atoms with van der Waals surface area (Å²) >= 11 is 0. The van der Waals surface area contributed by atoms with Gasteiger partial charge in [-0.15, -0.1) is 0 Å². The van der Waals surface area contributed by atoms with Gasteiger partial charge >= 0.3 is 0 Å². The Bertz CT molecular complexity index is 233. The largest absolute Gasteiger partial charge is 0.396 e. The van der Waals surface area contributed by atoms with E-state index < -0.39 is 10.8 Å². The lowest BCUT2D eigenvalue weighted by Crippen LogP contribution is -2.17. The van der Waals surface area contributed by atoms with E-state index in [-0.39, 0.29) is 12.0 Å². The number of allylic oxidation sites excluding steroid dienone is 1. The van der Waals surface area contributed by atoms with Crippen LogP contribution in [0.3, 0.4) is 0 Å². The zero-order chi connectivity index (χ0) is 10.6. The summed E-state index contributed by atoms with van der Waals surface area (Å²) in [6, 6.07) is 0. The monoisotopic (exact) mass is 216 g/mol. The van der Waals surface area contributed by atoms with E-state index in [4.69, 9.17) is 5.11 Å². The lowest BCUT2D eigenvalue weighted by atomic mass is 9.88. The van der Waals surface area contributed by atoms with Crippen LogP contribution in [0.4, 0.5) is 0 Å². The second-order valence-electron chi connectivity index (χ2n) is 4.77. The fourth-order valence-corrected chi connectivity index (χ4v) is 2.85. The predicted molar refractivity (Wildman–Crippen MR) is 60.4 cm³/mol. The average Bonchev–Trinajstić information content (AvgIpc) is 2.52. The molecule has 0 fully saturated rings. The van der Waals surface area contributed by atoms with Crippen LogP contribution in [-0.2, 0) is 10.8 Å². The van der Waals surface area contributed by atoms with Gasteiger partial charge in [0.2, 0.25) is 0 Å². The molecule has 1 N–H and O–H groups in total. The van der Waals surface area contributed by atoms with Crippen molar-refractivity contribution in [3.05, 3.63) is 11.5 Å². The van der Waals surface area contributed by atoms with E-state index in [2.05, 4.69) is 13.8 Å². The third-order valence-electron chi connectivity index (χ3n) is 2.77. The maximum atomic E-state index is 11.4. The first kappa shape index (κ1) is 11.9. The maximum Gasteiger partial charge on any atom is 0.0487 e. The number of hydrogen-bond donors (Lipinski definition) is 1. The van der Waals surface area contributed by atoms with E-state index in [0.717, 1.165) is 25.7 Å². The molecular formula is C11H20O2S. The second-order valence-corrected chi connectivity index (χ2v) is 6.37. The van der Waals surface area contributed by atoms with E-state index in [1.165, 1.54) is 0 Å². The Balaban J connectivity index is 2.19. The minimum Gasteiger partial charge on any atom is -0.396 e. The second kappa shape index (κ2) is 5.08. The first-order valence-electron chi connectivity index (χ1n) is 5.22. The molecule has 2 unspecified atom stereocenters. The summed E-state index contributed by atoms with van der Waals surface area (Å²) in [7, 11) is -0.734. The van der Waals surface area contributed by atoms with E-state index in [1.807, 2.05) is 11.5 Å². The Kier molecular flexibility index (Phi) is 4.32. The van der Waals surface area contributed by atoms with Crippen LogP contribution < -0.4 is 0 Å². The number of hydrogen-bond acceptors (Lipinski definition) is 2. The van der Waals surface area contributed by atoms with Crippen LogP contribution in [0.2, 0.25) is 0 Å². The van der Waals surface area contributed by atoms with Crippen LogP contribution in [0.15, 0.2) is 11.5 Å². The Morgan fingerprint density at radius 1 is 1.57 bits per heavy atom. The normalized spacial score (nSPS) is 27.1. The van der Waals surface area contributed by atoms with Gasteiger partial charge in [-0.1, -0.05) is 26.3 Å². The molecule has 0 bridgehead atoms. The number of aliphatic hydroxyl groups is 1. The lowest BCUT2D eigenvalue weighted by Gasteiger charge is -2.21. The van der Waals surface area contributed by atoms with Gasteiger partial charge in [0, 0.05) is 22.7 Å². The van der Waals surface area contributed by atoms with Crippen LogP contribution in [0.25, 0.3) is 0 Å². The predicted octanol–water partition coefficient (Wildman–Crippen LogP) is 2.21. The summed E-state index contributed by atoms with van der Waals surface area (Å²) < 4.78 is 11.4. The van der Waals surface area contributed by atoms with Crippen LogP contribution >= 0.6 is 0 Å². The van der Waals surface area contributed by atoms with Gasteiger partial charge in [-0.25, -0.2) is 0 Å². The molecule has 0 amide bonds. The molecule has 1 heterocycles. The van der Waals surface area contributed by atoms with E-state index >= 15 is 0 Å². The molecule has 2 nitrogen and oxygen atoms in total. The molecule has 14 heavy (non-hydrogen) atoms. The molecule has 0 saturated carbocycles. The molecular weight excluding hydrogens is 196 g/mol. The first-order chi connectivity index (χ1) is 6.55. The topological polar surface area (TPSA) is 37.3 Å². The van der Waals surface area contributed by atoms with E-state index in [0.29, 0.717) is 5.25 Å².